The molecule has 23 heavy (non-hydrogen) atoms. The van der Waals surface area contributed by atoms with Gasteiger partial charge in [-0.2, -0.15) is 0 Å². The van der Waals surface area contributed by atoms with E-state index in [4.69, 9.17) is 4.98 Å². The Morgan fingerprint density at radius 1 is 1.30 bits per heavy atom. The van der Waals surface area contributed by atoms with Crippen LogP contribution in [0.1, 0.15) is 38.1 Å². The molecule has 3 rings (SSSR count). The molecule has 1 atom stereocenters. The number of nitrogens with zero attached hydrogens (tertiary/aromatic N) is 3. The quantitative estimate of drug-likeness (QED) is 0.814. The highest BCUT2D eigenvalue weighted by molar-refractivity contribution is 7.90. The molecule has 0 radical (unpaired) electrons. The number of likely N-dealkylation sites (tertiary alicyclic amines) is 1. The number of aromatic nitrogens is 2. The van der Waals surface area contributed by atoms with Crippen molar-refractivity contribution >= 4 is 20.9 Å². The zero-order chi connectivity index (χ0) is 16.4. The van der Waals surface area contributed by atoms with E-state index in [1.807, 2.05) is 6.07 Å². The lowest BCUT2D eigenvalue weighted by molar-refractivity contribution is 0.245. The normalized spacial score (nSPS) is 19.7. The van der Waals surface area contributed by atoms with E-state index >= 15 is 0 Å². The number of rotatable bonds is 6. The van der Waals surface area contributed by atoms with E-state index in [9.17, 15) is 8.42 Å². The van der Waals surface area contributed by atoms with Crippen molar-refractivity contribution in [1.82, 2.24) is 14.5 Å². The van der Waals surface area contributed by atoms with Crippen LogP contribution in [0.5, 0.6) is 0 Å². The van der Waals surface area contributed by atoms with Crippen LogP contribution in [0.4, 0.5) is 0 Å². The number of imidazole rings is 1. The minimum atomic E-state index is -2.88. The van der Waals surface area contributed by atoms with E-state index in [1.54, 1.807) is 0 Å². The van der Waals surface area contributed by atoms with Gasteiger partial charge in [-0.05, 0) is 51.4 Å². The van der Waals surface area contributed by atoms with Crippen molar-refractivity contribution in [3.8, 4) is 0 Å². The Kier molecular flexibility index (Phi) is 4.73. The zero-order valence-corrected chi connectivity index (χ0v) is 14.7. The van der Waals surface area contributed by atoms with E-state index in [0.29, 0.717) is 12.5 Å². The summed E-state index contributed by atoms with van der Waals surface area (Å²) in [6.07, 6.45) is 4.26. The third-order valence-corrected chi connectivity index (χ3v) is 5.65. The van der Waals surface area contributed by atoms with Gasteiger partial charge in [-0.15, -0.1) is 0 Å². The van der Waals surface area contributed by atoms with Crippen molar-refractivity contribution in [3.05, 3.63) is 30.1 Å². The summed E-state index contributed by atoms with van der Waals surface area (Å²) in [4.78, 5) is 7.28. The summed E-state index contributed by atoms with van der Waals surface area (Å²) >= 11 is 0. The molecule has 1 aromatic carbocycles. The molecule has 1 aliphatic heterocycles. The number of hydrogen-bond acceptors (Lipinski definition) is 4. The molecule has 0 unspecified atom stereocenters. The van der Waals surface area contributed by atoms with Gasteiger partial charge >= 0.3 is 0 Å². The summed E-state index contributed by atoms with van der Waals surface area (Å²) in [5.41, 5.74) is 2.24. The van der Waals surface area contributed by atoms with Gasteiger partial charge in [0, 0.05) is 12.8 Å². The number of hydrogen-bond donors (Lipinski definition) is 0. The van der Waals surface area contributed by atoms with Crippen LogP contribution in [-0.2, 0) is 16.4 Å². The first-order chi connectivity index (χ1) is 11.0. The van der Waals surface area contributed by atoms with Crippen molar-refractivity contribution in [2.45, 2.75) is 38.8 Å². The van der Waals surface area contributed by atoms with E-state index in [1.165, 1.54) is 11.8 Å². The number of aryl methyl sites for hydroxylation is 1. The fourth-order valence-electron chi connectivity index (χ4n) is 3.60. The first kappa shape index (κ1) is 16.5. The van der Waals surface area contributed by atoms with Crippen LogP contribution in [0.15, 0.2) is 24.3 Å². The van der Waals surface area contributed by atoms with Crippen LogP contribution in [0, 0.1) is 0 Å². The minimum Gasteiger partial charge on any atom is -0.327 e. The highest BCUT2D eigenvalue weighted by Gasteiger charge is 2.30. The Morgan fingerprint density at radius 3 is 2.83 bits per heavy atom. The highest BCUT2D eigenvalue weighted by Crippen LogP contribution is 2.33. The van der Waals surface area contributed by atoms with Crippen molar-refractivity contribution < 1.29 is 8.42 Å². The van der Waals surface area contributed by atoms with E-state index < -0.39 is 9.84 Å². The summed E-state index contributed by atoms with van der Waals surface area (Å²) < 4.78 is 25.0. The van der Waals surface area contributed by atoms with E-state index in [0.717, 1.165) is 43.8 Å². The third kappa shape index (κ3) is 3.58. The Balaban J connectivity index is 1.82. The van der Waals surface area contributed by atoms with Gasteiger partial charge in [0.2, 0.25) is 0 Å². The van der Waals surface area contributed by atoms with Crippen molar-refractivity contribution in [1.29, 1.82) is 0 Å². The Morgan fingerprint density at radius 2 is 2.09 bits per heavy atom. The molecule has 1 aliphatic rings. The van der Waals surface area contributed by atoms with Crippen LogP contribution >= 0.6 is 0 Å². The van der Waals surface area contributed by atoms with Gasteiger partial charge in [0.05, 0.1) is 22.8 Å². The SMILES string of the molecule is CCn1c([C@@H]2CCCN2CCCS(C)(=O)=O)nc2ccccc21. The van der Waals surface area contributed by atoms with Crippen LogP contribution in [-0.4, -0.2) is 48.0 Å². The minimum absolute atomic E-state index is 0.264. The fourth-order valence-corrected chi connectivity index (χ4v) is 4.25. The van der Waals surface area contributed by atoms with E-state index in [-0.39, 0.29) is 5.75 Å². The molecule has 1 fully saturated rings. The molecular formula is C17H25N3O2S. The van der Waals surface area contributed by atoms with Gasteiger partial charge in [-0.25, -0.2) is 13.4 Å². The average molecular weight is 335 g/mol. The predicted molar refractivity (Wildman–Crippen MR) is 93.3 cm³/mol. The standard InChI is InChI=1S/C17H25N3O2S/c1-3-20-15-9-5-4-8-14(15)18-17(20)16-10-6-11-19(16)12-7-13-23(2,21)22/h4-5,8-9,16H,3,6-7,10-13H2,1-2H3/t16-/m0/s1. The smallest absolute Gasteiger partial charge is 0.147 e. The maximum Gasteiger partial charge on any atom is 0.147 e. The summed E-state index contributed by atoms with van der Waals surface area (Å²) in [6, 6.07) is 8.57. The van der Waals surface area contributed by atoms with Crippen LogP contribution < -0.4 is 0 Å². The second-order valence-corrected chi connectivity index (χ2v) is 8.64. The predicted octanol–water partition coefficient (Wildman–Crippen LogP) is 2.63. The van der Waals surface area contributed by atoms with Gasteiger partial charge in [-0.1, -0.05) is 12.1 Å². The molecule has 0 amide bonds. The van der Waals surface area contributed by atoms with Gasteiger partial charge in [0.25, 0.3) is 0 Å². The zero-order valence-electron chi connectivity index (χ0n) is 13.9. The van der Waals surface area contributed by atoms with Crippen LogP contribution in [0.2, 0.25) is 0 Å². The topological polar surface area (TPSA) is 55.2 Å². The van der Waals surface area contributed by atoms with Crippen LogP contribution in [0.25, 0.3) is 11.0 Å². The summed E-state index contributed by atoms with van der Waals surface area (Å²) in [6.45, 7) is 4.91. The maximum absolute atomic E-state index is 11.3. The third-order valence-electron chi connectivity index (χ3n) is 4.62. The molecule has 0 bridgehead atoms. The van der Waals surface area contributed by atoms with Gasteiger partial charge in [0.1, 0.15) is 15.7 Å². The largest absolute Gasteiger partial charge is 0.327 e. The van der Waals surface area contributed by atoms with Crippen molar-refractivity contribution in [2.24, 2.45) is 0 Å². The average Bonchev–Trinajstić information content (AvgIpc) is 3.09. The van der Waals surface area contributed by atoms with Crippen molar-refractivity contribution in [2.75, 3.05) is 25.1 Å². The summed E-state index contributed by atoms with van der Waals surface area (Å²) in [7, 11) is -2.88. The second kappa shape index (κ2) is 6.61. The van der Waals surface area contributed by atoms with Gasteiger partial charge in [-0.3, -0.25) is 4.90 Å². The Labute approximate surface area is 138 Å². The van der Waals surface area contributed by atoms with E-state index in [2.05, 4.69) is 34.6 Å². The van der Waals surface area contributed by atoms with Crippen LogP contribution in [0.3, 0.4) is 0 Å². The Bertz CT molecular complexity index is 782. The molecule has 5 nitrogen and oxygen atoms in total. The summed E-state index contributed by atoms with van der Waals surface area (Å²) in [5, 5.41) is 0. The molecule has 0 saturated carbocycles. The molecule has 1 saturated heterocycles. The monoisotopic (exact) mass is 335 g/mol. The van der Waals surface area contributed by atoms with Gasteiger partial charge < -0.3 is 4.57 Å². The molecule has 6 heteroatoms. The molecular weight excluding hydrogens is 310 g/mol. The lowest BCUT2D eigenvalue weighted by atomic mass is 10.2. The molecule has 1 aromatic heterocycles. The first-order valence-electron chi connectivity index (χ1n) is 8.36. The lowest BCUT2D eigenvalue weighted by Crippen LogP contribution is -2.27. The summed E-state index contributed by atoms with van der Waals surface area (Å²) in [5.74, 6) is 1.39. The molecule has 0 N–H and O–H groups in total. The number of para-hydroxylation sites is 2. The fraction of sp³-hybridized carbons (Fsp3) is 0.588. The maximum atomic E-state index is 11.3. The first-order valence-corrected chi connectivity index (χ1v) is 10.4. The molecule has 0 aliphatic carbocycles. The number of sulfone groups is 1. The molecule has 2 heterocycles. The lowest BCUT2D eigenvalue weighted by Gasteiger charge is -2.24. The number of benzene rings is 1. The number of fused-ring (bicyclic) bond motifs is 1. The Hall–Kier alpha value is -1.40. The molecule has 2 aromatic rings. The molecule has 0 spiro atoms. The highest BCUT2D eigenvalue weighted by atomic mass is 32.2. The van der Waals surface area contributed by atoms with Crippen molar-refractivity contribution in [3.63, 3.8) is 0 Å². The molecule has 126 valence electrons. The van der Waals surface area contributed by atoms with Gasteiger partial charge in [0.15, 0.2) is 0 Å². The second-order valence-electron chi connectivity index (χ2n) is 6.38.